The van der Waals surface area contributed by atoms with Crippen molar-refractivity contribution in [1.29, 1.82) is 0 Å². The molecule has 7 heteroatoms. The molecule has 6 nitrogen and oxygen atoms in total. The van der Waals surface area contributed by atoms with Crippen molar-refractivity contribution in [3.63, 3.8) is 0 Å². The number of hydrogen-bond donors (Lipinski definition) is 1. The lowest BCUT2D eigenvalue weighted by molar-refractivity contribution is -0.384. The summed E-state index contributed by atoms with van der Waals surface area (Å²) in [6, 6.07) is 1.67. The van der Waals surface area contributed by atoms with Gasteiger partial charge in [-0.05, 0) is 18.4 Å². The average molecular weight is 284 g/mol. The third-order valence-corrected chi connectivity index (χ3v) is 2.94. The van der Waals surface area contributed by atoms with E-state index in [9.17, 15) is 19.3 Å². The fourth-order valence-corrected chi connectivity index (χ4v) is 1.74. The Balaban J connectivity index is 3.23. The SMILES string of the molecule is CC(C)CCN(C)c1cc(C(=O)O)c(F)cc1[N+](=O)[O-]. The molecular formula is C13H17FN2O4. The zero-order valence-corrected chi connectivity index (χ0v) is 11.6. The van der Waals surface area contributed by atoms with E-state index < -0.39 is 28.0 Å². The van der Waals surface area contributed by atoms with Crippen molar-refractivity contribution in [3.8, 4) is 0 Å². The van der Waals surface area contributed by atoms with Crippen molar-refractivity contribution in [1.82, 2.24) is 0 Å². The Morgan fingerprint density at radius 1 is 1.50 bits per heavy atom. The third kappa shape index (κ3) is 3.66. The van der Waals surface area contributed by atoms with Crippen molar-refractivity contribution in [2.75, 3.05) is 18.5 Å². The van der Waals surface area contributed by atoms with Crippen LogP contribution in [0.1, 0.15) is 30.6 Å². The van der Waals surface area contributed by atoms with Crippen molar-refractivity contribution in [2.24, 2.45) is 5.92 Å². The Morgan fingerprint density at radius 2 is 2.10 bits per heavy atom. The molecule has 0 heterocycles. The predicted octanol–water partition coefficient (Wildman–Crippen LogP) is 2.91. The molecule has 1 rings (SSSR count). The summed E-state index contributed by atoms with van der Waals surface area (Å²) in [7, 11) is 1.62. The molecule has 0 aliphatic heterocycles. The van der Waals surface area contributed by atoms with Crippen LogP contribution in [0.15, 0.2) is 12.1 Å². The summed E-state index contributed by atoms with van der Waals surface area (Å²) in [5, 5.41) is 19.9. The average Bonchev–Trinajstić information content (AvgIpc) is 2.34. The molecule has 0 aliphatic rings. The largest absolute Gasteiger partial charge is 0.478 e. The van der Waals surface area contributed by atoms with Gasteiger partial charge in [0.1, 0.15) is 11.5 Å². The fraction of sp³-hybridized carbons (Fsp3) is 0.462. The summed E-state index contributed by atoms with van der Waals surface area (Å²) in [6.45, 7) is 4.54. The van der Waals surface area contributed by atoms with Crippen LogP contribution in [0.3, 0.4) is 0 Å². The van der Waals surface area contributed by atoms with E-state index in [0.717, 1.165) is 12.5 Å². The van der Waals surface area contributed by atoms with Gasteiger partial charge in [-0.2, -0.15) is 0 Å². The molecule has 0 bridgehead atoms. The minimum atomic E-state index is -1.45. The number of rotatable bonds is 6. The maximum Gasteiger partial charge on any atom is 0.338 e. The van der Waals surface area contributed by atoms with Gasteiger partial charge in [0.15, 0.2) is 0 Å². The van der Waals surface area contributed by atoms with Crippen LogP contribution in [0.5, 0.6) is 0 Å². The van der Waals surface area contributed by atoms with Crippen LogP contribution in [0.4, 0.5) is 15.8 Å². The van der Waals surface area contributed by atoms with E-state index in [2.05, 4.69) is 0 Å². The number of nitro benzene ring substituents is 1. The lowest BCUT2D eigenvalue weighted by Gasteiger charge is -2.20. The molecule has 0 fully saturated rings. The molecule has 0 radical (unpaired) electrons. The molecule has 0 aliphatic carbocycles. The predicted molar refractivity (Wildman–Crippen MR) is 72.7 cm³/mol. The molecule has 0 atom stereocenters. The zero-order chi connectivity index (χ0) is 15.4. The molecule has 0 aromatic heterocycles. The Morgan fingerprint density at radius 3 is 2.55 bits per heavy atom. The number of carboxylic acids is 1. The summed E-state index contributed by atoms with van der Waals surface area (Å²) in [5.41, 5.74) is -0.893. The molecule has 0 spiro atoms. The molecule has 1 N–H and O–H groups in total. The van der Waals surface area contributed by atoms with Gasteiger partial charge in [-0.15, -0.1) is 0 Å². The van der Waals surface area contributed by atoms with Crippen molar-refractivity contribution in [3.05, 3.63) is 33.6 Å². The van der Waals surface area contributed by atoms with E-state index >= 15 is 0 Å². The van der Waals surface area contributed by atoms with Crippen LogP contribution in [-0.2, 0) is 0 Å². The van der Waals surface area contributed by atoms with Crippen LogP contribution in [0.2, 0.25) is 0 Å². The summed E-state index contributed by atoms with van der Waals surface area (Å²) >= 11 is 0. The molecule has 0 unspecified atom stereocenters. The second-order valence-corrected chi connectivity index (χ2v) is 4.99. The van der Waals surface area contributed by atoms with Gasteiger partial charge in [0.05, 0.1) is 16.6 Å². The van der Waals surface area contributed by atoms with E-state index in [4.69, 9.17) is 5.11 Å². The van der Waals surface area contributed by atoms with Gasteiger partial charge in [-0.25, -0.2) is 9.18 Å². The molecular weight excluding hydrogens is 267 g/mol. The first-order chi connectivity index (χ1) is 9.23. The highest BCUT2D eigenvalue weighted by atomic mass is 19.1. The highest BCUT2D eigenvalue weighted by molar-refractivity contribution is 5.90. The van der Waals surface area contributed by atoms with Gasteiger partial charge in [0.25, 0.3) is 5.69 Å². The molecule has 1 aromatic carbocycles. The van der Waals surface area contributed by atoms with E-state index in [1.54, 1.807) is 11.9 Å². The maximum atomic E-state index is 13.5. The second kappa shape index (κ2) is 6.31. The Kier molecular flexibility index (Phi) is 5.01. The fourth-order valence-electron chi connectivity index (χ4n) is 1.74. The number of carboxylic acid groups (broad SMARTS) is 1. The quantitative estimate of drug-likeness (QED) is 0.641. The van der Waals surface area contributed by atoms with E-state index in [-0.39, 0.29) is 5.69 Å². The third-order valence-electron chi connectivity index (χ3n) is 2.94. The smallest absolute Gasteiger partial charge is 0.338 e. The molecule has 110 valence electrons. The van der Waals surface area contributed by atoms with Crippen LogP contribution in [-0.4, -0.2) is 29.6 Å². The van der Waals surface area contributed by atoms with Crippen LogP contribution < -0.4 is 4.90 Å². The summed E-state index contributed by atoms with van der Waals surface area (Å²) < 4.78 is 13.5. The second-order valence-electron chi connectivity index (χ2n) is 4.99. The Bertz CT molecular complexity index is 531. The van der Waals surface area contributed by atoms with Crippen LogP contribution in [0.25, 0.3) is 0 Å². The molecule has 0 amide bonds. The Hall–Kier alpha value is -2.18. The Labute approximate surface area is 116 Å². The highest BCUT2D eigenvalue weighted by Gasteiger charge is 2.23. The summed E-state index contributed by atoms with van der Waals surface area (Å²) in [4.78, 5) is 22.7. The van der Waals surface area contributed by atoms with Crippen molar-refractivity contribution < 1.29 is 19.2 Å². The number of halogens is 1. The van der Waals surface area contributed by atoms with Gasteiger partial charge >= 0.3 is 5.97 Å². The van der Waals surface area contributed by atoms with Crippen molar-refractivity contribution in [2.45, 2.75) is 20.3 Å². The number of hydrogen-bond acceptors (Lipinski definition) is 4. The maximum absolute atomic E-state index is 13.5. The monoisotopic (exact) mass is 284 g/mol. The molecule has 0 saturated carbocycles. The summed E-state index contributed by atoms with van der Waals surface area (Å²) in [6.07, 6.45) is 0.785. The van der Waals surface area contributed by atoms with Gasteiger partial charge < -0.3 is 10.0 Å². The number of carbonyl (C=O) groups is 1. The van der Waals surface area contributed by atoms with E-state index in [1.165, 1.54) is 0 Å². The number of aromatic carboxylic acids is 1. The first kappa shape index (κ1) is 15.9. The molecule has 1 aromatic rings. The van der Waals surface area contributed by atoms with Gasteiger partial charge in [0.2, 0.25) is 0 Å². The van der Waals surface area contributed by atoms with Gasteiger partial charge in [-0.1, -0.05) is 13.8 Å². The molecule has 20 heavy (non-hydrogen) atoms. The minimum Gasteiger partial charge on any atom is -0.478 e. The first-order valence-corrected chi connectivity index (χ1v) is 6.16. The van der Waals surface area contributed by atoms with Crippen LogP contribution >= 0.6 is 0 Å². The molecule has 0 saturated heterocycles. The number of nitrogens with zero attached hydrogens (tertiary/aromatic N) is 2. The zero-order valence-electron chi connectivity index (χ0n) is 11.6. The minimum absolute atomic E-state index is 0.106. The summed E-state index contributed by atoms with van der Waals surface area (Å²) in [5.74, 6) is -2.16. The number of anilines is 1. The first-order valence-electron chi connectivity index (χ1n) is 6.16. The standard InChI is InChI=1S/C13H17FN2O4/c1-8(2)4-5-15(3)11-6-9(13(17)18)10(14)7-12(11)16(19)20/h6-8H,4-5H2,1-3H3,(H,17,18). The normalized spacial score (nSPS) is 10.7. The number of nitro groups is 1. The number of benzene rings is 1. The highest BCUT2D eigenvalue weighted by Crippen LogP contribution is 2.30. The van der Waals surface area contributed by atoms with Gasteiger partial charge in [0, 0.05) is 13.6 Å². The van der Waals surface area contributed by atoms with Gasteiger partial charge in [-0.3, -0.25) is 10.1 Å². The van der Waals surface area contributed by atoms with Crippen LogP contribution in [0, 0.1) is 21.8 Å². The lowest BCUT2D eigenvalue weighted by atomic mass is 10.1. The lowest BCUT2D eigenvalue weighted by Crippen LogP contribution is -2.21. The van der Waals surface area contributed by atoms with E-state index in [1.807, 2.05) is 13.8 Å². The van der Waals surface area contributed by atoms with Crippen molar-refractivity contribution >= 4 is 17.3 Å². The van der Waals surface area contributed by atoms with E-state index in [0.29, 0.717) is 18.5 Å². The topological polar surface area (TPSA) is 83.7 Å².